The predicted molar refractivity (Wildman–Crippen MR) is 82.6 cm³/mol. The van der Waals surface area contributed by atoms with E-state index in [2.05, 4.69) is 60.9 Å². The molecule has 0 aliphatic carbocycles. The van der Waals surface area contributed by atoms with Gasteiger partial charge in [-0.3, -0.25) is 0 Å². The Hall–Kier alpha value is -2.50. The van der Waals surface area contributed by atoms with Gasteiger partial charge in [-0.1, -0.05) is 0 Å². The van der Waals surface area contributed by atoms with Gasteiger partial charge in [-0.25, -0.2) is 0 Å². The lowest BCUT2D eigenvalue weighted by atomic mass is 10.1. The third kappa shape index (κ3) is 2.52. The zero-order valence-corrected chi connectivity index (χ0v) is 13.6. The molecule has 0 saturated heterocycles. The van der Waals surface area contributed by atoms with E-state index in [0.717, 1.165) is 35.6 Å². The maximum absolute atomic E-state index is 4.43. The van der Waals surface area contributed by atoms with Gasteiger partial charge in [-0.05, 0) is 38.1 Å². The average Bonchev–Trinajstić information content (AvgIpc) is 3.10. The number of rotatable bonds is 4. The molecule has 3 rings (SSSR count). The second kappa shape index (κ2) is 5.71. The molecule has 0 aliphatic rings. The summed E-state index contributed by atoms with van der Waals surface area (Å²) in [6, 6.07) is 8.54. The van der Waals surface area contributed by atoms with Crippen LogP contribution >= 0.6 is 0 Å². The molecule has 3 aromatic rings. The van der Waals surface area contributed by atoms with Gasteiger partial charge in [-0.2, -0.15) is 0 Å². The molecule has 6 nitrogen and oxygen atoms in total. The standard InChI is InChI=1S/C16H22N6/c1-5-21-11-15(19(3)17-21)13-7-9-14(10-8-13)16-12-22(6-2)18-20(16)4/h7-12H,5-6H2,1-4H3/q+2. The van der Waals surface area contributed by atoms with E-state index in [9.17, 15) is 0 Å². The number of hydrogen-bond acceptors (Lipinski definition) is 2. The minimum atomic E-state index is 0.873. The second-order valence-corrected chi connectivity index (χ2v) is 5.34. The first-order valence-electron chi connectivity index (χ1n) is 7.60. The molecule has 0 saturated carbocycles. The SMILES string of the molecule is CC[n+]1cc(-c2ccc(-c3c[n+](CC)nn3C)cc2)n(C)n1. The van der Waals surface area contributed by atoms with E-state index in [1.807, 2.05) is 32.8 Å². The third-order valence-corrected chi connectivity index (χ3v) is 3.86. The summed E-state index contributed by atoms with van der Waals surface area (Å²) in [6.45, 7) is 5.92. The van der Waals surface area contributed by atoms with Gasteiger partial charge in [0.25, 0.3) is 0 Å². The lowest BCUT2D eigenvalue weighted by molar-refractivity contribution is -0.752. The van der Waals surface area contributed by atoms with Gasteiger partial charge in [0.05, 0.1) is 10.4 Å². The molecule has 6 heteroatoms. The van der Waals surface area contributed by atoms with Gasteiger partial charge in [0.15, 0.2) is 23.8 Å². The van der Waals surface area contributed by atoms with Crippen LogP contribution in [0.3, 0.4) is 0 Å². The average molecular weight is 298 g/mol. The van der Waals surface area contributed by atoms with E-state index in [0.29, 0.717) is 0 Å². The lowest BCUT2D eigenvalue weighted by Crippen LogP contribution is -2.34. The number of aromatic nitrogens is 6. The minimum Gasteiger partial charge on any atom is -0.137 e. The molecule has 0 spiro atoms. The smallest absolute Gasteiger partial charge is 0.137 e. The highest BCUT2D eigenvalue weighted by atomic mass is 15.5. The Labute approximate surface area is 130 Å². The topological polar surface area (TPSA) is 43.4 Å². The Bertz CT molecular complexity index is 714. The van der Waals surface area contributed by atoms with Crippen molar-refractivity contribution in [2.45, 2.75) is 26.9 Å². The van der Waals surface area contributed by atoms with Crippen LogP contribution in [0.1, 0.15) is 13.8 Å². The van der Waals surface area contributed by atoms with Crippen LogP contribution in [0.15, 0.2) is 36.7 Å². The maximum Gasteiger partial charge on any atom is 0.197 e. The number of benzene rings is 1. The maximum atomic E-state index is 4.43. The van der Waals surface area contributed by atoms with Crippen molar-refractivity contribution < 1.29 is 9.36 Å². The van der Waals surface area contributed by atoms with Crippen molar-refractivity contribution in [3.8, 4) is 22.5 Å². The summed E-state index contributed by atoms with van der Waals surface area (Å²) in [6.07, 6.45) is 4.15. The second-order valence-electron chi connectivity index (χ2n) is 5.34. The Kier molecular flexibility index (Phi) is 3.75. The molecule has 0 radical (unpaired) electrons. The van der Waals surface area contributed by atoms with Gasteiger partial charge >= 0.3 is 0 Å². The molecule has 0 fully saturated rings. The van der Waals surface area contributed by atoms with Crippen molar-refractivity contribution in [2.75, 3.05) is 0 Å². The van der Waals surface area contributed by atoms with Gasteiger partial charge in [0, 0.05) is 11.1 Å². The summed E-state index contributed by atoms with van der Waals surface area (Å²) in [5.74, 6) is 0. The fraction of sp³-hybridized carbons (Fsp3) is 0.375. The first-order valence-corrected chi connectivity index (χ1v) is 7.60. The zero-order valence-electron chi connectivity index (χ0n) is 13.6. The van der Waals surface area contributed by atoms with Crippen molar-refractivity contribution in [3.05, 3.63) is 36.7 Å². The summed E-state index contributed by atoms with van der Waals surface area (Å²) >= 11 is 0. The van der Waals surface area contributed by atoms with Crippen LogP contribution in [0, 0.1) is 0 Å². The van der Waals surface area contributed by atoms with E-state index in [-0.39, 0.29) is 0 Å². The van der Waals surface area contributed by atoms with Crippen molar-refractivity contribution >= 4 is 0 Å². The molecule has 0 aliphatic heterocycles. The van der Waals surface area contributed by atoms with Crippen LogP contribution in [0.5, 0.6) is 0 Å². The predicted octanol–water partition coefficient (Wildman–Crippen LogP) is 1.10. The highest BCUT2D eigenvalue weighted by Gasteiger charge is 2.16. The first-order chi connectivity index (χ1) is 10.6. The molecular formula is C16H22N6+2. The van der Waals surface area contributed by atoms with Gasteiger partial charge in [0.2, 0.25) is 0 Å². The Morgan fingerprint density at radius 2 is 1.14 bits per heavy atom. The highest BCUT2D eigenvalue weighted by molar-refractivity contribution is 5.65. The molecule has 0 atom stereocenters. The quantitative estimate of drug-likeness (QED) is 0.677. The van der Waals surface area contributed by atoms with Crippen LogP contribution in [-0.4, -0.2) is 19.8 Å². The normalized spacial score (nSPS) is 11.1. The monoisotopic (exact) mass is 298 g/mol. The molecule has 114 valence electrons. The molecule has 0 unspecified atom stereocenters. The molecule has 0 amide bonds. The fourth-order valence-corrected chi connectivity index (χ4v) is 2.59. The Morgan fingerprint density at radius 3 is 1.41 bits per heavy atom. The summed E-state index contributed by atoms with van der Waals surface area (Å²) in [7, 11) is 3.95. The molecule has 0 N–H and O–H groups in total. The number of nitrogens with zero attached hydrogens (tertiary/aromatic N) is 6. The van der Waals surface area contributed by atoms with Crippen molar-refractivity contribution in [1.29, 1.82) is 0 Å². The summed E-state index contributed by atoms with van der Waals surface area (Å²) in [5.41, 5.74) is 4.55. The highest BCUT2D eigenvalue weighted by Crippen LogP contribution is 2.22. The minimum absolute atomic E-state index is 0.873. The molecule has 22 heavy (non-hydrogen) atoms. The van der Waals surface area contributed by atoms with Gasteiger partial charge in [-0.15, -0.1) is 18.7 Å². The van der Waals surface area contributed by atoms with Crippen LogP contribution < -0.4 is 9.36 Å². The van der Waals surface area contributed by atoms with E-state index >= 15 is 0 Å². The van der Waals surface area contributed by atoms with E-state index in [1.54, 1.807) is 0 Å². The summed E-state index contributed by atoms with van der Waals surface area (Å²) in [4.78, 5) is 0. The van der Waals surface area contributed by atoms with Crippen molar-refractivity contribution in [1.82, 2.24) is 19.8 Å². The van der Waals surface area contributed by atoms with Crippen molar-refractivity contribution in [3.63, 3.8) is 0 Å². The van der Waals surface area contributed by atoms with E-state index in [1.165, 1.54) is 0 Å². The Balaban J connectivity index is 1.95. The van der Waals surface area contributed by atoms with Crippen LogP contribution in [0.25, 0.3) is 22.5 Å². The van der Waals surface area contributed by atoms with Gasteiger partial charge < -0.3 is 0 Å². The van der Waals surface area contributed by atoms with E-state index < -0.39 is 0 Å². The first kappa shape index (κ1) is 14.4. The van der Waals surface area contributed by atoms with Crippen molar-refractivity contribution in [2.24, 2.45) is 14.1 Å². The van der Waals surface area contributed by atoms with E-state index in [4.69, 9.17) is 0 Å². The van der Waals surface area contributed by atoms with Crippen LogP contribution in [0.2, 0.25) is 0 Å². The Morgan fingerprint density at radius 1 is 0.773 bits per heavy atom. The summed E-state index contributed by atoms with van der Waals surface area (Å²) in [5, 5.41) is 8.86. The molecule has 2 heterocycles. The largest absolute Gasteiger partial charge is 0.197 e. The van der Waals surface area contributed by atoms with Crippen LogP contribution in [-0.2, 0) is 27.2 Å². The molecule has 0 bridgehead atoms. The fourth-order valence-electron chi connectivity index (χ4n) is 2.59. The number of hydrogen-bond donors (Lipinski definition) is 0. The molecule has 2 aromatic heterocycles. The zero-order chi connectivity index (χ0) is 15.7. The third-order valence-electron chi connectivity index (χ3n) is 3.86. The number of aryl methyl sites for hydroxylation is 4. The lowest BCUT2D eigenvalue weighted by Gasteiger charge is -1.98. The summed E-state index contributed by atoms with van der Waals surface area (Å²) < 4.78 is 7.70. The molecular weight excluding hydrogens is 276 g/mol. The molecule has 1 aromatic carbocycles. The van der Waals surface area contributed by atoms with Crippen LogP contribution in [0.4, 0.5) is 0 Å². The van der Waals surface area contributed by atoms with Gasteiger partial charge in [0.1, 0.15) is 27.2 Å².